The monoisotopic (exact) mass is 128 g/mol. The molecule has 0 heterocycles. The summed E-state index contributed by atoms with van der Waals surface area (Å²) < 4.78 is 0. The van der Waals surface area contributed by atoms with Crippen LogP contribution in [0.3, 0.4) is 0 Å². The van der Waals surface area contributed by atoms with Gasteiger partial charge in [-0.15, -0.1) is 0 Å². The molecule has 1 N–H and O–H groups in total. The van der Waals surface area contributed by atoms with Crippen molar-refractivity contribution in [2.45, 2.75) is 33.1 Å². The summed E-state index contributed by atoms with van der Waals surface area (Å²) in [6.07, 6.45) is 3.60. The highest BCUT2D eigenvalue weighted by atomic mass is 14.9. The van der Waals surface area contributed by atoms with E-state index in [9.17, 15) is 0 Å². The van der Waals surface area contributed by atoms with E-state index < -0.39 is 0 Å². The smallest absolute Gasteiger partial charge is 0.0624 e. The first kappa shape index (κ1) is 8.60. The molecule has 0 radical (unpaired) electrons. The molecule has 0 saturated heterocycles. The standard InChI is InChI=1S/C7H16N2/c1-3-5-7(4-2)6-9-8/h7-8H,3-6H2,1-2H3. The first-order valence-corrected chi connectivity index (χ1v) is 3.68. The second-order valence-corrected chi connectivity index (χ2v) is 2.40. The quantitative estimate of drug-likeness (QED) is 0.553. The molecular formula is C7H16N2. The second-order valence-electron chi connectivity index (χ2n) is 2.40. The summed E-state index contributed by atoms with van der Waals surface area (Å²) in [6, 6.07) is 0. The Balaban J connectivity index is 3.28. The van der Waals surface area contributed by atoms with E-state index in [0.717, 1.165) is 13.0 Å². The van der Waals surface area contributed by atoms with Gasteiger partial charge in [-0.1, -0.05) is 26.7 Å². The van der Waals surface area contributed by atoms with Gasteiger partial charge in [0.2, 0.25) is 0 Å². The largest absolute Gasteiger partial charge is 0.210 e. The van der Waals surface area contributed by atoms with Crippen molar-refractivity contribution < 1.29 is 0 Å². The summed E-state index contributed by atoms with van der Waals surface area (Å²) in [6.45, 7) is 5.06. The van der Waals surface area contributed by atoms with Gasteiger partial charge < -0.3 is 0 Å². The van der Waals surface area contributed by atoms with Crippen molar-refractivity contribution in [3.63, 3.8) is 0 Å². The zero-order valence-corrected chi connectivity index (χ0v) is 6.35. The SMILES string of the molecule is CCCC(CC)CN=N. The van der Waals surface area contributed by atoms with E-state index >= 15 is 0 Å². The van der Waals surface area contributed by atoms with Gasteiger partial charge in [0.25, 0.3) is 0 Å². The van der Waals surface area contributed by atoms with Gasteiger partial charge >= 0.3 is 0 Å². The number of nitrogens with zero attached hydrogens (tertiary/aromatic N) is 1. The maximum absolute atomic E-state index is 6.64. The molecule has 0 saturated carbocycles. The lowest BCUT2D eigenvalue weighted by Gasteiger charge is -2.07. The second kappa shape index (κ2) is 5.73. The summed E-state index contributed by atoms with van der Waals surface area (Å²) in [5.41, 5.74) is 6.64. The minimum absolute atomic E-state index is 0.660. The third-order valence-electron chi connectivity index (χ3n) is 1.62. The Morgan fingerprint density at radius 2 is 2.11 bits per heavy atom. The van der Waals surface area contributed by atoms with Gasteiger partial charge in [0.15, 0.2) is 0 Å². The molecule has 9 heavy (non-hydrogen) atoms. The van der Waals surface area contributed by atoms with E-state index in [0.29, 0.717) is 5.92 Å². The summed E-state index contributed by atoms with van der Waals surface area (Å²) >= 11 is 0. The Morgan fingerprint density at radius 3 is 2.44 bits per heavy atom. The minimum atomic E-state index is 0.660. The molecule has 0 rings (SSSR count). The Bertz CT molecular complexity index is 71.3. The van der Waals surface area contributed by atoms with Crippen molar-refractivity contribution in [3.05, 3.63) is 0 Å². The molecule has 0 amide bonds. The zero-order valence-electron chi connectivity index (χ0n) is 6.35. The van der Waals surface area contributed by atoms with Crippen molar-refractivity contribution in [2.75, 3.05) is 6.54 Å². The molecule has 0 fully saturated rings. The van der Waals surface area contributed by atoms with Gasteiger partial charge in [-0.05, 0) is 12.3 Å². The highest BCUT2D eigenvalue weighted by Gasteiger charge is 2.01. The van der Waals surface area contributed by atoms with Crippen LogP contribution >= 0.6 is 0 Å². The molecule has 0 spiro atoms. The van der Waals surface area contributed by atoms with Crippen LogP contribution in [0.1, 0.15) is 33.1 Å². The van der Waals surface area contributed by atoms with Crippen LogP contribution in [0.4, 0.5) is 0 Å². The summed E-state index contributed by atoms with van der Waals surface area (Å²) in [4.78, 5) is 0. The van der Waals surface area contributed by atoms with Gasteiger partial charge in [-0.2, -0.15) is 5.11 Å². The van der Waals surface area contributed by atoms with Gasteiger partial charge in [0.05, 0.1) is 6.54 Å². The molecule has 0 aromatic heterocycles. The third-order valence-corrected chi connectivity index (χ3v) is 1.62. The Morgan fingerprint density at radius 1 is 1.44 bits per heavy atom. The van der Waals surface area contributed by atoms with Crippen LogP contribution in [0, 0.1) is 11.4 Å². The van der Waals surface area contributed by atoms with E-state index in [1.807, 2.05) is 0 Å². The Labute approximate surface area is 57.2 Å². The molecule has 0 aliphatic heterocycles. The van der Waals surface area contributed by atoms with Crippen LogP contribution in [-0.4, -0.2) is 6.54 Å². The molecule has 2 nitrogen and oxygen atoms in total. The first-order valence-electron chi connectivity index (χ1n) is 3.68. The van der Waals surface area contributed by atoms with E-state index in [1.54, 1.807) is 0 Å². The topological polar surface area (TPSA) is 36.2 Å². The Hall–Kier alpha value is -0.400. The Kier molecular flexibility index (Phi) is 5.48. The fraction of sp³-hybridized carbons (Fsp3) is 1.00. The predicted molar refractivity (Wildman–Crippen MR) is 38.7 cm³/mol. The predicted octanol–water partition coefficient (Wildman–Crippen LogP) is 2.84. The van der Waals surface area contributed by atoms with Gasteiger partial charge in [0.1, 0.15) is 0 Å². The molecule has 0 aromatic carbocycles. The van der Waals surface area contributed by atoms with E-state index in [2.05, 4.69) is 19.0 Å². The maximum atomic E-state index is 6.64. The molecule has 0 bridgehead atoms. The van der Waals surface area contributed by atoms with E-state index in [1.165, 1.54) is 12.8 Å². The van der Waals surface area contributed by atoms with Crippen molar-refractivity contribution in [3.8, 4) is 0 Å². The average molecular weight is 128 g/mol. The lowest BCUT2D eigenvalue weighted by Crippen LogP contribution is -2.01. The molecule has 54 valence electrons. The van der Waals surface area contributed by atoms with Crippen LogP contribution in [-0.2, 0) is 0 Å². The van der Waals surface area contributed by atoms with Crippen LogP contribution in [0.15, 0.2) is 5.11 Å². The maximum Gasteiger partial charge on any atom is 0.0624 e. The summed E-state index contributed by atoms with van der Waals surface area (Å²) in [5, 5.41) is 3.38. The van der Waals surface area contributed by atoms with Crippen molar-refractivity contribution in [1.29, 1.82) is 5.53 Å². The number of hydrogen-bond acceptors (Lipinski definition) is 2. The lowest BCUT2D eigenvalue weighted by atomic mass is 10.0. The number of nitrogens with one attached hydrogen (secondary N) is 1. The molecule has 1 atom stereocenters. The molecule has 1 unspecified atom stereocenters. The molecule has 0 aliphatic carbocycles. The summed E-state index contributed by atoms with van der Waals surface area (Å²) in [5.74, 6) is 0.660. The molecular weight excluding hydrogens is 112 g/mol. The average Bonchev–Trinajstić information content (AvgIpc) is 1.88. The van der Waals surface area contributed by atoms with Gasteiger partial charge in [-0.3, -0.25) is 0 Å². The van der Waals surface area contributed by atoms with Crippen molar-refractivity contribution >= 4 is 0 Å². The van der Waals surface area contributed by atoms with Crippen LogP contribution in [0.5, 0.6) is 0 Å². The summed E-state index contributed by atoms with van der Waals surface area (Å²) in [7, 11) is 0. The number of rotatable bonds is 5. The van der Waals surface area contributed by atoms with Crippen LogP contribution in [0.25, 0.3) is 0 Å². The van der Waals surface area contributed by atoms with Crippen LogP contribution < -0.4 is 0 Å². The highest BCUT2D eigenvalue weighted by molar-refractivity contribution is 4.56. The number of hydrogen-bond donors (Lipinski definition) is 1. The highest BCUT2D eigenvalue weighted by Crippen LogP contribution is 2.09. The van der Waals surface area contributed by atoms with Crippen LogP contribution in [0.2, 0.25) is 0 Å². The minimum Gasteiger partial charge on any atom is -0.210 e. The van der Waals surface area contributed by atoms with Gasteiger partial charge in [-0.25, -0.2) is 5.53 Å². The fourth-order valence-corrected chi connectivity index (χ4v) is 0.962. The first-order chi connectivity index (χ1) is 4.35. The van der Waals surface area contributed by atoms with Gasteiger partial charge in [0, 0.05) is 0 Å². The molecule has 2 heteroatoms. The van der Waals surface area contributed by atoms with Crippen molar-refractivity contribution in [1.82, 2.24) is 0 Å². The molecule has 0 aliphatic rings. The van der Waals surface area contributed by atoms with E-state index in [-0.39, 0.29) is 0 Å². The zero-order chi connectivity index (χ0) is 7.11. The normalized spacial score (nSPS) is 13.1. The van der Waals surface area contributed by atoms with E-state index in [4.69, 9.17) is 5.53 Å². The van der Waals surface area contributed by atoms with Crippen molar-refractivity contribution in [2.24, 2.45) is 11.0 Å². The molecule has 0 aromatic rings. The fourth-order valence-electron chi connectivity index (χ4n) is 0.962. The third kappa shape index (κ3) is 4.13. The lowest BCUT2D eigenvalue weighted by molar-refractivity contribution is 0.466.